The molecule has 3 heterocycles. The third-order valence-corrected chi connectivity index (χ3v) is 8.39. The minimum absolute atomic E-state index is 0.0626. The second-order valence-corrected chi connectivity index (χ2v) is 12.8. The van der Waals surface area contributed by atoms with E-state index in [-0.39, 0.29) is 72.4 Å². The number of alkyl halides is 3. The van der Waals surface area contributed by atoms with Crippen molar-refractivity contribution in [2.24, 2.45) is 5.92 Å². The molecule has 2 amide bonds. The molecule has 2 aliphatic heterocycles. The first-order valence-electron chi connectivity index (χ1n) is 14.8. The first-order valence-corrected chi connectivity index (χ1v) is 15.2. The summed E-state index contributed by atoms with van der Waals surface area (Å²) in [7, 11) is 0. The average Bonchev–Trinajstić information content (AvgIpc) is 2.96. The number of rotatable bonds is 8. The van der Waals surface area contributed by atoms with E-state index in [1.54, 1.807) is 36.6 Å². The fourth-order valence-corrected chi connectivity index (χ4v) is 5.85. The van der Waals surface area contributed by atoms with Crippen LogP contribution in [0.5, 0.6) is 0 Å². The van der Waals surface area contributed by atoms with Crippen molar-refractivity contribution in [1.29, 1.82) is 0 Å². The molecule has 1 aromatic carbocycles. The number of non-ortho nitro benzene ring substituents is 1. The number of nitrogens with one attached hydrogen (secondary N) is 2. The Morgan fingerprint density at radius 3 is 2.36 bits per heavy atom. The minimum atomic E-state index is -4.54. The lowest BCUT2D eigenvalue weighted by atomic mass is 9.85. The zero-order valence-corrected chi connectivity index (χ0v) is 26.2. The number of likely N-dealkylation sites (tertiary alicyclic amines) is 1. The number of anilines is 2. The molecule has 2 fully saturated rings. The maximum absolute atomic E-state index is 14.5. The number of halogens is 4. The molecule has 2 aliphatic rings. The molecule has 0 radical (unpaired) electrons. The Kier molecular flexibility index (Phi) is 10.5. The van der Waals surface area contributed by atoms with Gasteiger partial charge in [0.05, 0.1) is 16.2 Å². The summed E-state index contributed by atoms with van der Waals surface area (Å²) in [6, 6.07) is 8.29. The van der Waals surface area contributed by atoms with Gasteiger partial charge in [-0.2, -0.15) is 13.2 Å². The number of carbonyl (C=O) groups is 2. The lowest BCUT2D eigenvalue weighted by Crippen LogP contribution is -2.62. The highest BCUT2D eigenvalue weighted by Crippen LogP contribution is 2.41. The first-order chi connectivity index (χ1) is 21.1. The largest absolute Gasteiger partial charge is 0.444 e. The summed E-state index contributed by atoms with van der Waals surface area (Å²) in [6.45, 7) is 6.35. The number of hydrogen-bond donors (Lipinski definition) is 2. The fraction of sp³-hybridized carbons (Fsp3) is 0.567. The van der Waals surface area contributed by atoms with Crippen LogP contribution in [0.25, 0.3) is 0 Å². The molecule has 15 heteroatoms. The van der Waals surface area contributed by atoms with E-state index in [1.807, 2.05) is 0 Å². The maximum Gasteiger partial charge on any atom is 0.410 e. The van der Waals surface area contributed by atoms with Crippen LogP contribution < -0.4 is 15.5 Å². The van der Waals surface area contributed by atoms with Crippen molar-refractivity contribution in [1.82, 2.24) is 15.2 Å². The predicted octanol–water partition coefficient (Wildman–Crippen LogP) is 6.42. The third-order valence-electron chi connectivity index (χ3n) is 8.18. The Bertz CT molecular complexity index is 1390. The number of benzene rings is 1. The molecule has 2 N–H and O–H groups in total. The van der Waals surface area contributed by atoms with Gasteiger partial charge in [-0.3, -0.25) is 14.9 Å². The molecule has 0 spiro atoms. The van der Waals surface area contributed by atoms with Gasteiger partial charge in [0.25, 0.3) is 11.6 Å². The average molecular weight is 655 g/mol. The van der Waals surface area contributed by atoms with Gasteiger partial charge in [-0.25, -0.2) is 9.78 Å². The lowest BCUT2D eigenvalue weighted by Gasteiger charge is -2.44. The van der Waals surface area contributed by atoms with Crippen LogP contribution >= 0.6 is 11.6 Å². The summed E-state index contributed by atoms with van der Waals surface area (Å²) in [6.07, 6.45) is -3.67. The fourth-order valence-electron chi connectivity index (χ4n) is 5.68. The number of piperidine rings is 2. The van der Waals surface area contributed by atoms with Crippen molar-refractivity contribution < 1.29 is 32.4 Å². The molecule has 0 unspecified atom stereocenters. The van der Waals surface area contributed by atoms with Crippen molar-refractivity contribution in [2.75, 3.05) is 42.9 Å². The Morgan fingerprint density at radius 1 is 1.11 bits per heavy atom. The van der Waals surface area contributed by atoms with Gasteiger partial charge in [-0.05, 0) is 83.5 Å². The van der Waals surface area contributed by atoms with Crippen LogP contribution in [0.1, 0.15) is 63.2 Å². The predicted molar refractivity (Wildman–Crippen MR) is 164 cm³/mol. The summed E-state index contributed by atoms with van der Waals surface area (Å²) in [5.74, 6) is -0.300. The van der Waals surface area contributed by atoms with E-state index < -0.39 is 28.1 Å². The normalized spacial score (nSPS) is 17.6. The number of nitro benzene ring substituents is 1. The van der Waals surface area contributed by atoms with E-state index in [9.17, 15) is 32.9 Å². The van der Waals surface area contributed by atoms with Crippen molar-refractivity contribution in [3.05, 3.63) is 57.2 Å². The van der Waals surface area contributed by atoms with Gasteiger partial charge in [0, 0.05) is 38.3 Å². The molecule has 0 bridgehead atoms. The van der Waals surface area contributed by atoms with Crippen molar-refractivity contribution in [2.45, 2.75) is 70.2 Å². The molecule has 0 aliphatic carbocycles. The zero-order valence-electron chi connectivity index (χ0n) is 25.5. The molecule has 2 aromatic rings. The second kappa shape index (κ2) is 13.8. The van der Waals surface area contributed by atoms with E-state index in [0.717, 1.165) is 0 Å². The van der Waals surface area contributed by atoms with Gasteiger partial charge < -0.3 is 25.2 Å². The zero-order chi connectivity index (χ0) is 33.0. The van der Waals surface area contributed by atoms with Gasteiger partial charge in [-0.15, -0.1) is 0 Å². The lowest BCUT2D eigenvalue weighted by molar-refractivity contribution is -0.384. The number of nitro groups is 1. The van der Waals surface area contributed by atoms with Crippen molar-refractivity contribution in [3.63, 3.8) is 0 Å². The number of ether oxygens (including phenoxy) is 1. The summed E-state index contributed by atoms with van der Waals surface area (Å²) >= 11 is 5.90. The van der Waals surface area contributed by atoms with E-state index >= 15 is 0 Å². The molecule has 45 heavy (non-hydrogen) atoms. The van der Waals surface area contributed by atoms with Gasteiger partial charge in [0.2, 0.25) is 0 Å². The molecule has 246 valence electrons. The van der Waals surface area contributed by atoms with Crippen LogP contribution in [0.2, 0.25) is 5.15 Å². The molecule has 4 rings (SSSR count). The van der Waals surface area contributed by atoms with Crippen LogP contribution in [-0.4, -0.2) is 76.8 Å². The topological polar surface area (TPSA) is 130 Å². The number of aromatic nitrogens is 1. The van der Waals surface area contributed by atoms with Gasteiger partial charge in [0.1, 0.15) is 22.1 Å². The molecule has 1 aromatic heterocycles. The molecular formula is C30H38ClF3N6O5. The summed E-state index contributed by atoms with van der Waals surface area (Å²) < 4.78 is 48.9. The van der Waals surface area contributed by atoms with E-state index in [2.05, 4.69) is 15.6 Å². The molecule has 2 saturated heterocycles. The van der Waals surface area contributed by atoms with Gasteiger partial charge in [0.15, 0.2) is 0 Å². The Labute approximate surface area is 264 Å². The SMILES string of the molecule is CC(C)(C)OC(=O)N1CCC(CCNC2(C(F)(F)F)CCN(c3cc([N+](=O)[O-])ccc3C(=O)Nc3cccc(Cl)n3)CC2)CC1. The van der Waals surface area contributed by atoms with Gasteiger partial charge in [-0.1, -0.05) is 17.7 Å². The number of nitrogens with zero attached hydrogens (tertiary/aromatic N) is 4. The Hall–Kier alpha value is -3.65. The summed E-state index contributed by atoms with van der Waals surface area (Å²) in [5.41, 5.74) is -2.80. The van der Waals surface area contributed by atoms with E-state index in [4.69, 9.17) is 16.3 Å². The number of hydrogen-bond acceptors (Lipinski definition) is 8. The van der Waals surface area contributed by atoms with Crippen LogP contribution in [0.3, 0.4) is 0 Å². The number of carbonyl (C=O) groups excluding carboxylic acids is 2. The Balaban J connectivity index is 1.40. The van der Waals surface area contributed by atoms with E-state index in [0.29, 0.717) is 32.4 Å². The first kappa shape index (κ1) is 34.2. The van der Waals surface area contributed by atoms with Crippen LogP contribution in [0, 0.1) is 16.0 Å². The third kappa shape index (κ3) is 8.75. The van der Waals surface area contributed by atoms with Crippen molar-refractivity contribution >= 4 is 40.8 Å². The smallest absolute Gasteiger partial charge is 0.410 e. The number of amides is 2. The van der Waals surface area contributed by atoms with E-state index in [1.165, 1.54) is 30.3 Å². The summed E-state index contributed by atoms with van der Waals surface area (Å²) in [4.78, 5) is 43.6. The highest BCUT2D eigenvalue weighted by Gasteiger charge is 2.55. The summed E-state index contributed by atoms with van der Waals surface area (Å²) in [5, 5.41) is 17.1. The maximum atomic E-state index is 14.5. The highest BCUT2D eigenvalue weighted by atomic mass is 35.5. The Morgan fingerprint density at radius 2 is 1.78 bits per heavy atom. The van der Waals surface area contributed by atoms with Crippen LogP contribution in [-0.2, 0) is 4.74 Å². The van der Waals surface area contributed by atoms with Crippen molar-refractivity contribution in [3.8, 4) is 0 Å². The molecule has 0 saturated carbocycles. The highest BCUT2D eigenvalue weighted by molar-refractivity contribution is 6.29. The quantitative estimate of drug-likeness (QED) is 0.189. The second-order valence-electron chi connectivity index (χ2n) is 12.5. The number of pyridine rings is 1. The standard InChI is InChI=1S/C30H38ClF3N6O5/c1-28(2,3)45-27(42)39-15-10-20(11-16-39)9-14-35-29(30(32,33)34)12-17-38(18-13-29)23-19-21(40(43)44)7-8-22(23)26(41)37-25-6-4-5-24(31)36-25/h4-8,19-20,35H,9-18H2,1-3H3,(H,36,37,41). The minimum Gasteiger partial charge on any atom is -0.444 e. The monoisotopic (exact) mass is 654 g/mol. The van der Waals surface area contributed by atoms with Crippen LogP contribution in [0.15, 0.2) is 36.4 Å². The molecule has 11 nitrogen and oxygen atoms in total. The van der Waals surface area contributed by atoms with Crippen LogP contribution in [0.4, 0.5) is 35.2 Å². The van der Waals surface area contributed by atoms with Gasteiger partial charge >= 0.3 is 12.3 Å². The molecular weight excluding hydrogens is 617 g/mol. The molecule has 0 atom stereocenters.